The number of ether oxygens (including phenoxy) is 1. The molecule has 0 saturated heterocycles. The Balaban J connectivity index is 1.70. The summed E-state index contributed by atoms with van der Waals surface area (Å²) in [7, 11) is 1.80. The van der Waals surface area contributed by atoms with Gasteiger partial charge in [-0.25, -0.2) is 0 Å². The quantitative estimate of drug-likeness (QED) is 0.444. The van der Waals surface area contributed by atoms with Crippen molar-refractivity contribution in [2.75, 3.05) is 0 Å². The Labute approximate surface area is 193 Å². The molecule has 9 nitrogen and oxygen atoms in total. The number of hydrogen-bond acceptors (Lipinski definition) is 7. The van der Waals surface area contributed by atoms with E-state index in [1.54, 1.807) is 41.9 Å². The van der Waals surface area contributed by atoms with Crippen LogP contribution in [0.1, 0.15) is 30.0 Å². The predicted octanol–water partition coefficient (Wildman–Crippen LogP) is 4.25. The van der Waals surface area contributed by atoms with Gasteiger partial charge in [0.15, 0.2) is 17.2 Å². The monoisotopic (exact) mass is 472 g/mol. The van der Waals surface area contributed by atoms with E-state index in [1.165, 1.54) is 12.5 Å². The largest absolute Gasteiger partial charge is 0.479 e. The maximum Gasteiger partial charge on any atom is 0.251 e. The molecule has 1 amide bonds. The van der Waals surface area contributed by atoms with Crippen LogP contribution >= 0.6 is 23.2 Å². The van der Waals surface area contributed by atoms with E-state index in [-0.39, 0.29) is 5.89 Å². The molecule has 0 aliphatic carbocycles. The fourth-order valence-corrected chi connectivity index (χ4v) is 3.74. The molecule has 2 heterocycles. The molecule has 0 fully saturated rings. The second kappa shape index (κ2) is 8.25. The van der Waals surface area contributed by atoms with Crippen LogP contribution in [0.3, 0.4) is 0 Å². The highest BCUT2D eigenvalue weighted by Gasteiger charge is 2.32. The van der Waals surface area contributed by atoms with Gasteiger partial charge in [-0.05, 0) is 50.2 Å². The number of benzene rings is 2. The topological polar surface area (TPSA) is 122 Å². The SMILES string of the molecule is Cn1c(-c2ccc(C(N)=O)cc2Cl)nnc1C(C)(C)Oc1ccc(Cl)cc1-c1nnco1. The summed E-state index contributed by atoms with van der Waals surface area (Å²) < 4.78 is 13.4. The molecule has 32 heavy (non-hydrogen) atoms. The second-order valence-electron chi connectivity index (χ2n) is 7.46. The number of carbonyl (C=O) groups is 1. The molecule has 2 aromatic carbocycles. The molecule has 0 radical (unpaired) electrons. The number of nitrogens with zero attached hydrogens (tertiary/aromatic N) is 5. The lowest BCUT2D eigenvalue weighted by Crippen LogP contribution is -2.29. The molecule has 4 rings (SSSR count). The van der Waals surface area contributed by atoms with Gasteiger partial charge in [-0.1, -0.05) is 23.2 Å². The molecule has 2 aromatic heterocycles. The number of primary amides is 1. The van der Waals surface area contributed by atoms with Gasteiger partial charge in [0.25, 0.3) is 5.89 Å². The molecule has 0 bridgehead atoms. The number of rotatable bonds is 6. The van der Waals surface area contributed by atoms with Crippen LogP contribution in [0, 0.1) is 0 Å². The molecule has 2 N–H and O–H groups in total. The molecule has 11 heteroatoms. The summed E-state index contributed by atoms with van der Waals surface area (Å²) in [6, 6.07) is 9.87. The van der Waals surface area contributed by atoms with E-state index in [9.17, 15) is 4.79 Å². The first-order valence-electron chi connectivity index (χ1n) is 9.42. The van der Waals surface area contributed by atoms with Crippen molar-refractivity contribution in [2.45, 2.75) is 19.4 Å². The average Bonchev–Trinajstić information content (AvgIpc) is 3.39. The fourth-order valence-electron chi connectivity index (χ4n) is 3.31. The first-order chi connectivity index (χ1) is 15.2. The van der Waals surface area contributed by atoms with Gasteiger partial charge in [-0.3, -0.25) is 4.79 Å². The number of hydrogen-bond donors (Lipinski definition) is 1. The van der Waals surface area contributed by atoms with E-state index in [0.717, 1.165) is 0 Å². The third kappa shape index (κ3) is 4.04. The summed E-state index contributed by atoms with van der Waals surface area (Å²) in [6.45, 7) is 3.70. The summed E-state index contributed by atoms with van der Waals surface area (Å²) in [6.07, 6.45) is 1.23. The Bertz CT molecular complexity index is 1300. The summed E-state index contributed by atoms with van der Waals surface area (Å²) in [5.41, 5.74) is 5.87. The lowest BCUT2D eigenvalue weighted by atomic mass is 10.1. The fraction of sp³-hybridized carbons (Fsp3) is 0.190. The summed E-state index contributed by atoms with van der Waals surface area (Å²) in [4.78, 5) is 11.4. The van der Waals surface area contributed by atoms with Crippen molar-refractivity contribution < 1.29 is 13.9 Å². The zero-order valence-corrected chi connectivity index (χ0v) is 18.8. The molecular formula is C21H18Cl2N6O3. The maximum atomic E-state index is 11.4. The van der Waals surface area contributed by atoms with Crippen LogP contribution in [0.5, 0.6) is 5.75 Å². The first kappa shape index (κ1) is 21.8. The molecule has 0 saturated carbocycles. The van der Waals surface area contributed by atoms with Crippen LogP contribution in [-0.4, -0.2) is 30.9 Å². The lowest BCUT2D eigenvalue weighted by molar-refractivity contribution is 0.0954. The highest BCUT2D eigenvalue weighted by molar-refractivity contribution is 6.33. The van der Waals surface area contributed by atoms with Gasteiger partial charge >= 0.3 is 0 Å². The van der Waals surface area contributed by atoms with Crippen LogP contribution < -0.4 is 10.5 Å². The van der Waals surface area contributed by atoms with E-state index in [2.05, 4.69) is 20.4 Å². The van der Waals surface area contributed by atoms with Crippen molar-refractivity contribution in [1.29, 1.82) is 0 Å². The Morgan fingerprint density at radius 3 is 2.53 bits per heavy atom. The molecular weight excluding hydrogens is 455 g/mol. The number of halogens is 2. The third-order valence-electron chi connectivity index (χ3n) is 4.81. The molecule has 0 spiro atoms. The zero-order valence-electron chi connectivity index (χ0n) is 17.3. The standard InChI is InChI=1S/C21H18Cl2N6O3/c1-21(2,32-16-7-5-12(22)9-14(16)19-27-25-10-31-19)20-28-26-18(29(20)3)13-6-4-11(17(24)30)8-15(13)23/h4-10H,1-3H3,(H2,24,30). The molecule has 0 aliphatic rings. The van der Waals surface area contributed by atoms with Crippen molar-refractivity contribution in [3.8, 4) is 28.6 Å². The van der Waals surface area contributed by atoms with E-state index in [4.69, 9.17) is 38.1 Å². The van der Waals surface area contributed by atoms with Crippen molar-refractivity contribution in [3.05, 3.63) is 64.2 Å². The van der Waals surface area contributed by atoms with E-state index >= 15 is 0 Å². The minimum Gasteiger partial charge on any atom is -0.479 e. The Morgan fingerprint density at radius 1 is 1.09 bits per heavy atom. The predicted molar refractivity (Wildman–Crippen MR) is 118 cm³/mol. The Hall–Kier alpha value is -3.43. The maximum absolute atomic E-state index is 11.4. The van der Waals surface area contributed by atoms with Crippen LogP contribution in [0.4, 0.5) is 0 Å². The third-order valence-corrected chi connectivity index (χ3v) is 5.35. The summed E-state index contributed by atoms with van der Waals surface area (Å²) >= 11 is 12.5. The summed E-state index contributed by atoms with van der Waals surface area (Å²) in [5.74, 6) is 1.24. The average molecular weight is 473 g/mol. The van der Waals surface area contributed by atoms with Gasteiger partial charge in [0, 0.05) is 23.2 Å². The van der Waals surface area contributed by atoms with Crippen LogP contribution in [0.15, 0.2) is 47.2 Å². The van der Waals surface area contributed by atoms with Crippen molar-refractivity contribution in [2.24, 2.45) is 12.8 Å². The molecule has 4 aromatic rings. The van der Waals surface area contributed by atoms with Crippen LogP contribution in [0.25, 0.3) is 22.8 Å². The molecule has 0 unspecified atom stereocenters. The number of aromatic nitrogens is 5. The molecule has 0 aliphatic heterocycles. The van der Waals surface area contributed by atoms with Gasteiger partial charge in [0.1, 0.15) is 5.75 Å². The normalized spacial score (nSPS) is 11.5. The number of carbonyl (C=O) groups excluding carboxylic acids is 1. The Kier molecular flexibility index (Phi) is 5.62. The van der Waals surface area contributed by atoms with Gasteiger partial charge < -0.3 is 19.5 Å². The lowest BCUT2D eigenvalue weighted by Gasteiger charge is -2.26. The van der Waals surface area contributed by atoms with Crippen LogP contribution in [0.2, 0.25) is 10.0 Å². The highest BCUT2D eigenvalue weighted by atomic mass is 35.5. The smallest absolute Gasteiger partial charge is 0.251 e. The summed E-state index contributed by atoms with van der Waals surface area (Å²) in [5, 5.41) is 17.1. The van der Waals surface area contributed by atoms with Gasteiger partial charge in [-0.15, -0.1) is 20.4 Å². The van der Waals surface area contributed by atoms with Crippen molar-refractivity contribution in [1.82, 2.24) is 25.0 Å². The van der Waals surface area contributed by atoms with Crippen LogP contribution in [-0.2, 0) is 12.6 Å². The molecule has 164 valence electrons. The van der Waals surface area contributed by atoms with E-state index < -0.39 is 11.5 Å². The highest BCUT2D eigenvalue weighted by Crippen LogP contribution is 2.37. The minimum absolute atomic E-state index is 0.276. The van der Waals surface area contributed by atoms with Crippen molar-refractivity contribution in [3.63, 3.8) is 0 Å². The van der Waals surface area contributed by atoms with Gasteiger partial charge in [-0.2, -0.15) is 0 Å². The van der Waals surface area contributed by atoms with Gasteiger partial charge in [0.05, 0.1) is 10.6 Å². The van der Waals surface area contributed by atoms with E-state index in [0.29, 0.717) is 44.1 Å². The van der Waals surface area contributed by atoms with E-state index in [1.807, 2.05) is 13.8 Å². The van der Waals surface area contributed by atoms with Gasteiger partial charge in [0.2, 0.25) is 12.3 Å². The Morgan fingerprint density at radius 2 is 1.88 bits per heavy atom. The number of nitrogens with two attached hydrogens (primary N) is 1. The zero-order chi connectivity index (χ0) is 23.0. The second-order valence-corrected chi connectivity index (χ2v) is 8.31. The minimum atomic E-state index is -0.914. The number of amides is 1. The van der Waals surface area contributed by atoms with Crippen molar-refractivity contribution >= 4 is 29.1 Å². The first-order valence-corrected chi connectivity index (χ1v) is 10.2. The molecule has 0 atom stereocenters.